The number of hydrogen-bond acceptors (Lipinski definition) is 5. The molecular formula is C21H23ClN4O. The van der Waals surface area contributed by atoms with Crippen molar-refractivity contribution < 1.29 is 4.74 Å². The Balaban J connectivity index is 1.59. The molecule has 0 unspecified atom stereocenters. The smallest absolute Gasteiger partial charge is 0.229 e. The lowest BCUT2D eigenvalue weighted by Crippen LogP contribution is -2.07. The van der Waals surface area contributed by atoms with Crippen LogP contribution in [0, 0.1) is 6.92 Å². The predicted molar refractivity (Wildman–Crippen MR) is 111 cm³/mol. The number of nitrogens with zero attached hydrogens (tertiary/aromatic N) is 2. The molecule has 0 atom stereocenters. The summed E-state index contributed by atoms with van der Waals surface area (Å²) in [5.41, 5.74) is 3.04. The van der Waals surface area contributed by atoms with Crippen LogP contribution in [-0.4, -0.2) is 23.6 Å². The molecule has 3 aromatic rings. The van der Waals surface area contributed by atoms with Crippen molar-refractivity contribution >= 4 is 29.1 Å². The number of aromatic nitrogens is 2. The highest BCUT2D eigenvalue weighted by molar-refractivity contribution is 6.32. The van der Waals surface area contributed by atoms with Crippen LogP contribution >= 0.6 is 11.6 Å². The molecule has 3 rings (SSSR count). The lowest BCUT2D eigenvalue weighted by molar-refractivity contribution is 0.415. The van der Waals surface area contributed by atoms with Gasteiger partial charge in [0.25, 0.3) is 0 Å². The summed E-state index contributed by atoms with van der Waals surface area (Å²) in [5.74, 6) is 1.97. The fourth-order valence-electron chi connectivity index (χ4n) is 2.74. The Morgan fingerprint density at radius 3 is 2.59 bits per heavy atom. The highest BCUT2D eigenvalue weighted by Gasteiger charge is 2.06. The third kappa shape index (κ3) is 5.59. The maximum atomic E-state index is 6.18. The van der Waals surface area contributed by atoms with Crippen LogP contribution in [0.25, 0.3) is 0 Å². The van der Waals surface area contributed by atoms with Crippen LogP contribution in [0.2, 0.25) is 5.02 Å². The summed E-state index contributed by atoms with van der Waals surface area (Å²) < 4.78 is 5.17. The van der Waals surface area contributed by atoms with Crippen LogP contribution < -0.4 is 15.4 Å². The quantitative estimate of drug-likeness (QED) is 0.522. The van der Waals surface area contributed by atoms with E-state index in [-0.39, 0.29) is 0 Å². The zero-order valence-corrected chi connectivity index (χ0v) is 16.3. The van der Waals surface area contributed by atoms with Gasteiger partial charge in [-0.2, -0.15) is 4.98 Å². The van der Waals surface area contributed by atoms with E-state index in [1.165, 1.54) is 5.56 Å². The number of benzene rings is 2. The summed E-state index contributed by atoms with van der Waals surface area (Å²) in [4.78, 5) is 8.98. The number of halogens is 1. The largest absolute Gasteiger partial charge is 0.495 e. The molecule has 5 nitrogen and oxygen atoms in total. The van der Waals surface area contributed by atoms with Gasteiger partial charge in [0.1, 0.15) is 11.6 Å². The summed E-state index contributed by atoms with van der Waals surface area (Å²) in [6, 6.07) is 17.9. The molecule has 0 fully saturated rings. The van der Waals surface area contributed by atoms with Gasteiger partial charge in [-0.05, 0) is 43.5 Å². The molecule has 0 aliphatic carbocycles. The Kier molecular flexibility index (Phi) is 6.49. The van der Waals surface area contributed by atoms with Gasteiger partial charge in [0.05, 0.1) is 12.1 Å². The molecule has 2 aromatic carbocycles. The lowest BCUT2D eigenvalue weighted by atomic mass is 10.1. The zero-order valence-electron chi connectivity index (χ0n) is 15.5. The van der Waals surface area contributed by atoms with Gasteiger partial charge in [-0.3, -0.25) is 0 Å². The van der Waals surface area contributed by atoms with Crippen LogP contribution in [0.1, 0.15) is 17.7 Å². The first kappa shape index (κ1) is 19.0. The van der Waals surface area contributed by atoms with E-state index in [4.69, 9.17) is 16.3 Å². The third-order valence-corrected chi connectivity index (χ3v) is 4.35. The monoisotopic (exact) mass is 382 g/mol. The Hall–Kier alpha value is -2.79. The minimum absolute atomic E-state index is 0.529. The summed E-state index contributed by atoms with van der Waals surface area (Å²) in [7, 11) is 1.59. The van der Waals surface area contributed by atoms with Crippen molar-refractivity contribution in [2.45, 2.75) is 19.8 Å². The van der Waals surface area contributed by atoms with E-state index in [1.807, 2.05) is 31.2 Å². The second kappa shape index (κ2) is 9.24. The molecule has 0 saturated carbocycles. The van der Waals surface area contributed by atoms with Crippen LogP contribution in [-0.2, 0) is 6.42 Å². The van der Waals surface area contributed by atoms with E-state index in [0.717, 1.165) is 36.6 Å². The van der Waals surface area contributed by atoms with Crippen molar-refractivity contribution in [1.82, 2.24) is 9.97 Å². The van der Waals surface area contributed by atoms with E-state index in [0.29, 0.717) is 16.7 Å². The topological polar surface area (TPSA) is 59.1 Å². The normalized spacial score (nSPS) is 10.5. The Labute approximate surface area is 164 Å². The van der Waals surface area contributed by atoms with Gasteiger partial charge in [0, 0.05) is 24.0 Å². The molecule has 0 saturated heterocycles. The van der Waals surface area contributed by atoms with E-state index < -0.39 is 0 Å². The van der Waals surface area contributed by atoms with Gasteiger partial charge in [-0.1, -0.05) is 41.9 Å². The first-order chi connectivity index (χ1) is 13.1. The SMILES string of the molecule is COc1ccc(Nc2nc(C)cc(NCCCc3ccccc3)n2)cc1Cl. The number of methoxy groups -OCH3 is 1. The standard InChI is InChI=1S/C21H23ClN4O/c1-15-13-20(23-12-6-9-16-7-4-3-5-8-16)26-21(24-15)25-17-10-11-19(27-2)18(22)14-17/h3-5,7-8,10-11,13-14H,6,9,12H2,1-2H3,(H2,23,24,25,26). The second-order valence-corrected chi connectivity index (χ2v) is 6.62. The van der Waals surface area contributed by atoms with Gasteiger partial charge in [-0.15, -0.1) is 0 Å². The first-order valence-electron chi connectivity index (χ1n) is 8.88. The summed E-state index contributed by atoms with van der Waals surface area (Å²) in [5, 5.41) is 7.10. The Morgan fingerprint density at radius 2 is 1.85 bits per heavy atom. The second-order valence-electron chi connectivity index (χ2n) is 6.21. The molecule has 0 spiro atoms. The molecule has 2 N–H and O–H groups in total. The molecule has 1 heterocycles. The molecule has 6 heteroatoms. The van der Waals surface area contributed by atoms with E-state index in [9.17, 15) is 0 Å². The van der Waals surface area contributed by atoms with Crippen molar-refractivity contribution in [3.63, 3.8) is 0 Å². The lowest BCUT2D eigenvalue weighted by Gasteiger charge is -2.11. The number of anilines is 3. The van der Waals surface area contributed by atoms with Gasteiger partial charge in [-0.25, -0.2) is 4.98 Å². The molecule has 140 valence electrons. The van der Waals surface area contributed by atoms with Crippen molar-refractivity contribution in [2.24, 2.45) is 0 Å². The Bertz CT molecular complexity index is 887. The molecule has 0 aliphatic rings. The number of aryl methyl sites for hydroxylation is 2. The molecule has 0 amide bonds. The molecule has 0 bridgehead atoms. The molecule has 1 aromatic heterocycles. The summed E-state index contributed by atoms with van der Waals surface area (Å²) >= 11 is 6.18. The van der Waals surface area contributed by atoms with Crippen molar-refractivity contribution in [2.75, 3.05) is 24.3 Å². The highest BCUT2D eigenvalue weighted by atomic mass is 35.5. The van der Waals surface area contributed by atoms with E-state index >= 15 is 0 Å². The van der Waals surface area contributed by atoms with E-state index in [2.05, 4.69) is 44.9 Å². The van der Waals surface area contributed by atoms with Gasteiger partial charge in [0.2, 0.25) is 5.95 Å². The van der Waals surface area contributed by atoms with Crippen LogP contribution in [0.4, 0.5) is 17.5 Å². The van der Waals surface area contributed by atoms with Crippen LogP contribution in [0.5, 0.6) is 5.75 Å². The minimum atomic E-state index is 0.529. The fourth-order valence-corrected chi connectivity index (χ4v) is 3.00. The minimum Gasteiger partial charge on any atom is -0.495 e. The highest BCUT2D eigenvalue weighted by Crippen LogP contribution is 2.28. The van der Waals surface area contributed by atoms with E-state index in [1.54, 1.807) is 13.2 Å². The molecular weight excluding hydrogens is 360 g/mol. The maximum absolute atomic E-state index is 6.18. The average Bonchev–Trinajstić information content (AvgIpc) is 2.66. The fraction of sp³-hybridized carbons (Fsp3) is 0.238. The van der Waals surface area contributed by atoms with Gasteiger partial charge in [0.15, 0.2) is 0 Å². The molecule has 0 aliphatic heterocycles. The zero-order chi connectivity index (χ0) is 19.1. The first-order valence-corrected chi connectivity index (χ1v) is 9.26. The number of rotatable bonds is 8. The average molecular weight is 383 g/mol. The summed E-state index contributed by atoms with van der Waals surface area (Å²) in [6.07, 6.45) is 2.07. The van der Waals surface area contributed by atoms with Crippen molar-refractivity contribution in [3.05, 3.63) is 70.9 Å². The van der Waals surface area contributed by atoms with Crippen LogP contribution in [0.15, 0.2) is 54.6 Å². The summed E-state index contributed by atoms with van der Waals surface area (Å²) in [6.45, 7) is 2.79. The Morgan fingerprint density at radius 1 is 1.04 bits per heavy atom. The number of ether oxygens (including phenoxy) is 1. The third-order valence-electron chi connectivity index (χ3n) is 4.05. The van der Waals surface area contributed by atoms with Crippen molar-refractivity contribution in [3.8, 4) is 5.75 Å². The number of hydrogen-bond donors (Lipinski definition) is 2. The number of nitrogens with one attached hydrogen (secondary N) is 2. The predicted octanol–water partition coefficient (Wildman–Crippen LogP) is 5.24. The van der Waals surface area contributed by atoms with Gasteiger partial charge < -0.3 is 15.4 Å². The van der Waals surface area contributed by atoms with Crippen LogP contribution in [0.3, 0.4) is 0 Å². The van der Waals surface area contributed by atoms with Gasteiger partial charge >= 0.3 is 0 Å². The van der Waals surface area contributed by atoms with Crippen molar-refractivity contribution in [1.29, 1.82) is 0 Å². The maximum Gasteiger partial charge on any atom is 0.229 e. The molecule has 0 radical (unpaired) electrons. The molecule has 27 heavy (non-hydrogen) atoms.